The van der Waals surface area contributed by atoms with E-state index in [9.17, 15) is 0 Å². The molecule has 2 aromatic carbocycles. The molecule has 118 valence electrons. The smallest absolute Gasteiger partial charge is 0.137 e. The van der Waals surface area contributed by atoms with Crippen LogP contribution in [-0.2, 0) is 6.42 Å². The van der Waals surface area contributed by atoms with E-state index < -0.39 is 0 Å². The molecule has 0 amide bonds. The minimum Gasteiger partial charge on any atom is -0.393 e. The standard InChI is InChI=1S/C20H17N3S/c1-13-6-9-19-22-20(17(11-18(21)24)23(19)12-13)16-8-7-14-4-2-3-5-15(14)10-16/h2-10,12H,11H2,1H3,(H2,21,24). The van der Waals surface area contributed by atoms with Gasteiger partial charge in [-0.3, -0.25) is 0 Å². The van der Waals surface area contributed by atoms with Gasteiger partial charge in [-0.05, 0) is 35.4 Å². The number of hydrogen-bond acceptors (Lipinski definition) is 2. The van der Waals surface area contributed by atoms with Gasteiger partial charge < -0.3 is 10.1 Å². The first-order valence-corrected chi connectivity index (χ1v) is 8.28. The van der Waals surface area contributed by atoms with Crippen LogP contribution in [0.15, 0.2) is 60.8 Å². The topological polar surface area (TPSA) is 43.3 Å². The first-order chi connectivity index (χ1) is 11.6. The zero-order valence-corrected chi connectivity index (χ0v) is 14.2. The molecule has 0 saturated heterocycles. The summed E-state index contributed by atoms with van der Waals surface area (Å²) in [6.07, 6.45) is 2.61. The first-order valence-electron chi connectivity index (χ1n) is 7.87. The van der Waals surface area contributed by atoms with Gasteiger partial charge in [-0.15, -0.1) is 0 Å². The van der Waals surface area contributed by atoms with Crippen LogP contribution in [-0.4, -0.2) is 14.4 Å². The Balaban J connectivity index is 1.98. The van der Waals surface area contributed by atoms with E-state index >= 15 is 0 Å². The van der Waals surface area contributed by atoms with Gasteiger partial charge in [0.15, 0.2) is 0 Å². The Bertz CT molecular complexity index is 1080. The van der Waals surface area contributed by atoms with Gasteiger partial charge in [-0.2, -0.15) is 0 Å². The van der Waals surface area contributed by atoms with Crippen LogP contribution in [0.3, 0.4) is 0 Å². The number of imidazole rings is 1. The molecule has 4 aromatic rings. The minimum absolute atomic E-state index is 0.473. The zero-order valence-electron chi connectivity index (χ0n) is 13.4. The number of nitrogens with two attached hydrogens (primary N) is 1. The monoisotopic (exact) mass is 331 g/mol. The van der Waals surface area contributed by atoms with Gasteiger partial charge in [0.1, 0.15) is 5.65 Å². The van der Waals surface area contributed by atoms with E-state index in [1.165, 1.54) is 16.3 Å². The van der Waals surface area contributed by atoms with Crippen molar-refractivity contribution >= 4 is 33.6 Å². The largest absolute Gasteiger partial charge is 0.393 e. The third kappa shape index (κ3) is 2.55. The molecule has 4 rings (SSSR count). The van der Waals surface area contributed by atoms with Crippen LogP contribution in [0, 0.1) is 6.92 Å². The number of aryl methyl sites for hydroxylation is 1. The number of benzene rings is 2. The Morgan fingerprint density at radius 3 is 2.67 bits per heavy atom. The summed E-state index contributed by atoms with van der Waals surface area (Å²) in [4.78, 5) is 5.30. The Labute approximate surface area is 145 Å². The van der Waals surface area contributed by atoms with Crippen molar-refractivity contribution in [2.75, 3.05) is 0 Å². The summed E-state index contributed by atoms with van der Waals surface area (Å²) in [6.45, 7) is 2.07. The molecule has 24 heavy (non-hydrogen) atoms. The highest BCUT2D eigenvalue weighted by atomic mass is 32.1. The quantitative estimate of drug-likeness (QED) is 0.570. The van der Waals surface area contributed by atoms with E-state index in [-0.39, 0.29) is 0 Å². The van der Waals surface area contributed by atoms with Crippen LogP contribution in [0.1, 0.15) is 11.3 Å². The Morgan fingerprint density at radius 1 is 1.08 bits per heavy atom. The normalized spacial score (nSPS) is 11.2. The fourth-order valence-electron chi connectivity index (χ4n) is 3.10. The molecular formula is C20H17N3S. The summed E-state index contributed by atoms with van der Waals surface area (Å²) in [5.74, 6) is 0. The Hall–Kier alpha value is -2.72. The first kappa shape index (κ1) is 14.8. The molecule has 0 radical (unpaired) electrons. The van der Waals surface area contributed by atoms with Gasteiger partial charge in [-0.1, -0.05) is 54.7 Å². The third-order valence-corrected chi connectivity index (χ3v) is 4.37. The molecule has 2 aromatic heterocycles. The fraction of sp³-hybridized carbons (Fsp3) is 0.100. The van der Waals surface area contributed by atoms with Gasteiger partial charge in [0.25, 0.3) is 0 Å². The Morgan fingerprint density at radius 2 is 1.88 bits per heavy atom. The summed E-state index contributed by atoms with van der Waals surface area (Å²) in [5.41, 5.74) is 11.0. The summed E-state index contributed by atoms with van der Waals surface area (Å²) < 4.78 is 2.10. The molecule has 0 spiro atoms. The lowest BCUT2D eigenvalue weighted by molar-refractivity contribution is 1.06. The van der Waals surface area contributed by atoms with Crippen LogP contribution >= 0.6 is 12.2 Å². The molecule has 3 nitrogen and oxygen atoms in total. The lowest BCUT2D eigenvalue weighted by atomic mass is 10.0. The maximum absolute atomic E-state index is 5.84. The van der Waals surface area contributed by atoms with Gasteiger partial charge in [0, 0.05) is 18.2 Å². The molecule has 0 saturated carbocycles. The Kier molecular flexibility index (Phi) is 3.54. The lowest BCUT2D eigenvalue weighted by Gasteiger charge is -2.06. The molecule has 0 aliphatic heterocycles. The molecule has 2 N–H and O–H groups in total. The van der Waals surface area contributed by atoms with E-state index in [4.69, 9.17) is 22.9 Å². The summed E-state index contributed by atoms with van der Waals surface area (Å²) >= 11 is 5.16. The van der Waals surface area contributed by atoms with Crippen molar-refractivity contribution < 1.29 is 0 Å². The highest BCUT2D eigenvalue weighted by molar-refractivity contribution is 7.80. The lowest BCUT2D eigenvalue weighted by Crippen LogP contribution is -2.13. The van der Waals surface area contributed by atoms with Crippen molar-refractivity contribution in [3.05, 3.63) is 72.1 Å². The van der Waals surface area contributed by atoms with E-state index in [2.05, 4.69) is 60.0 Å². The van der Waals surface area contributed by atoms with Crippen molar-refractivity contribution in [1.82, 2.24) is 9.38 Å². The van der Waals surface area contributed by atoms with Crippen molar-refractivity contribution in [2.45, 2.75) is 13.3 Å². The number of aromatic nitrogens is 2. The number of nitrogens with zero attached hydrogens (tertiary/aromatic N) is 2. The second kappa shape index (κ2) is 5.73. The van der Waals surface area contributed by atoms with Crippen molar-refractivity contribution in [3.8, 4) is 11.3 Å². The van der Waals surface area contributed by atoms with Gasteiger partial charge in [0.2, 0.25) is 0 Å². The summed E-state index contributed by atoms with van der Waals surface area (Å²) in [7, 11) is 0. The molecule has 0 bridgehead atoms. The van der Waals surface area contributed by atoms with E-state index in [0.717, 1.165) is 22.6 Å². The van der Waals surface area contributed by atoms with Gasteiger partial charge >= 0.3 is 0 Å². The number of thiocarbonyl (C=S) groups is 1. The number of rotatable bonds is 3. The van der Waals surface area contributed by atoms with Crippen molar-refractivity contribution in [2.24, 2.45) is 5.73 Å². The van der Waals surface area contributed by atoms with Crippen LogP contribution in [0.25, 0.3) is 27.7 Å². The SMILES string of the molecule is Cc1ccc2nc(-c3ccc4ccccc4c3)c(CC(N)=S)n2c1. The second-order valence-corrected chi connectivity index (χ2v) is 6.57. The third-order valence-electron chi connectivity index (χ3n) is 4.23. The van der Waals surface area contributed by atoms with Crippen LogP contribution in [0.4, 0.5) is 0 Å². The summed E-state index contributed by atoms with van der Waals surface area (Å²) in [6, 6.07) is 18.8. The van der Waals surface area contributed by atoms with Crippen molar-refractivity contribution in [3.63, 3.8) is 0 Å². The number of hydrogen-bond donors (Lipinski definition) is 1. The van der Waals surface area contributed by atoms with E-state index in [1.54, 1.807) is 0 Å². The number of fused-ring (bicyclic) bond motifs is 2. The molecule has 0 aliphatic carbocycles. The van der Waals surface area contributed by atoms with Crippen LogP contribution < -0.4 is 5.73 Å². The van der Waals surface area contributed by atoms with Gasteiger partial charge in [0.05, 0.1) is 16.4 Å². The van der Waals surface area contributed by atoms with Crippen molar-refractivity contribution in [1.29, 1.82) is 0 Å². The minimum atomic E-state index is 0.473. The maximum Gasteiger partial charge on any atom is 0.137 e. The highest BCUT2D eigenvalue weighted by Crippen LogP contribution is 2.28. The average Bonchev–Trinajstić information content (AvgIpc) is 2.92. The maximum atomic E-state index is 5.84. The predicted molar refractivity (Wildman–Crippen MR) is 103 cm³/mol. The molecule has 0 unspecified atom stereocenters. The summed E-state index contributed by atoms with van der Waals surface area (Å²) in [5, 5.41) is 2.42. The van der Waals surface area contributed by atoms with E-state index in [0.29, 0.717) is 11.4 Å². The highest BCUT2D eigenvalue weighted by Gasteiger charge is 2.15. The second-order valence-electron chi connectivity index (χ2n) is 6.05. The van der Waals surface area contributed by atoms with E-state index in [1.807, 2.05) is 12.1 Å². The van der Waals surface area contributed by atoms with Crippen LogP contribution in [0.5, 0.6) is 0 Å². The van der Waals surface area contributed by atoms with Crippen LogP contribution in [0.2, 0.25) is 0 Å². The zero-order chi connectivity index (χ0) is 16.7. The molecule has 0 fully saturated rings. The molecular weight excluding hydrogens is 314 g/mol. The van der Waals surface area contributed by atoms with Gasteiger partial charge in [-0.25, -0.2) is 4.98 Å². The molecule has 0 atom stereocenters. The number of pyridine rings is 1. The fourth-order valence-corrected chi connectivity index (χ4v) is 3.24. The molecule has 0 aliphatic rings. The average molecular weight is 331 g/mol. The molecule has 2 heterocycles. The molecule has 4 heteroatoms. The predicted octanol–water partition coefficient (Wildman–Crippen LogP) is 4.29.